The quantitative estimate of drug-likeness (QED) is 0.818. The monoisotopic (exact) mass is 243 g/mol. The number of rotatable bonds is 1. The summed E-state index contributed by atoms with van der Waals surface area (Å²) in [4.78, 5) is 14.4. The van der Waals surface area contributed by atoms with Gasteiger partial charge in [0.15, 0.2) is 0 Å². The number of hydrogen-bond acceptors (Lipinski definition) is 2. The maximum atomic E-state index is 12.5. The van der Waals surface area contributed by atoms with Crippen molar-refractivity contribution >= 4 is 16.8 Å². The Kier molecular flexibility index (Phi) is 2.80. The van der Waals surface area contributed by atoms with Crippen molar-refractivity contribution in [3.05, 3.63) is 36.0 Å². The molecular weight excluding hydrogens is 226 g/mol. The first kappa shape index (κ1) is 11.3. The number of benzene rings is 1. The SMILES string of the molecule is Cn1c(C(=O)N2CCNCC2)cc2ccccc21. The van der Waals surface area contributed by atoms with Crippen LogP contribution in [0.1, 0.15) is 10.5 Å². The average molecular weight is 243 g/mol. The maximum absolute atomic E-state index is 12.5. The molecule has 1 fully saturated rings. The number of aryl methyl sites for hydroxylation is 1. The van der Waals surface area contributed by atoms with Gasteiger partial charge >= 0.3 is 0 Å². The minimum Gasteiger partial charge on any atom is -0.340 e. The fourth-order valence-electron chi connectivity index (χ4n) is 2.52. The van der Waals surface area contributed by atoms with E-state index in [9.17, 15) is 4.79 Å². The normalized spacial score (nSPS) is 16.2. The number of nitrogens with zero attached hydrogens (tertiary/aromatic N) is 2. The third kappa shape index (κ3) is 1.78. The summed E-state index contributed by atoms with van der Waals surface area (Å²) in [5, 5.41) is 4.39. The van der Waals surface area contributed by atoms with E-state index in [-0.39, 0.29) is 5.91 Å². The summed E-state index contributed by atoms with van der Waals surface area (Å²) in [5.74, 6) is 0.134. The summed E-state index contributed by atoms with van der Waals surface area (Å²) in [6.45, 7) is 3.35. The number of amides is 1. The Morgan fingerprint density at radius 2 is 1.94 bits per heavy atom. The van der Waals surface area contributed by atoms with E-state index in [1.54, 1.807) is 0 Å². The summed E-state index contributed by atoms with van der Waals surface area (Å²) in [6, 6.07) is 10.1. The Hall–Kier alpha value is -1.81. The molecule has 1 aromatic carbocycles. The number of aromatic nitrogens is 1. The first-order valence-corrected chi connectivity index (χ1v) is 6.32. The summed E-state index contributed by atoms with van der Waals surface area (Å²) < 4.78 is 1.99. The van der Waals surface area contributed by atoms with Crippen LogP contribution >= 0.6 is 0 Å². The van der Waals surface area contributed by atoms with Gasteiger partial charge in [-0.1, -0.05) is 18.2 Å². The van der Waals surface area contributed by atoms with Crippen molar-refractivity contribution in [1.82, 2.24) is 14.8 Å². The molecule has 0 unspecified atom stereocenters. The van der Waals surface area contributed by atoms with Crippen LogP contribution in [0.3, 0.4) is 0 Å². The Bertz CT molecular complexity index is 582. The molecule has 0 radical (unpaired) electrons. The van der Waals surface area contributed by atoms with Gasteiger partial charge in [-0.05, 0) is 12.1 Å². The van der Waals surface area contributed by atoms with E-state index in [0.717, 1.165) is 42.8 Å². The predicted octanol–water partition coefficient (Wildman–Crippen LogP) is 1.22. The molecule has 2 heterocycles. The number of piperazine rings is 1. The van der Waals surface area contributed by atoms with Gasteiger partial charge in [0.05, 0.1) is 0 Å². The van der Waals surface area contributed by atoms with Gasteiger partial charge in [-0.3, -0.25) is 4.79 Å². The summed E-state index contributed by atoms with van der Waals surface area (Å²) in [5.41, 5.74) is 1.88. The standard InChI is InChI=1S/C14H17N3O/c1-16-12-5-3-2-4-11(12)10-13(16)14(18)17-8-6-15-7-9-17/h2-5,10,15H,6-9H2,1H3. The Labute approximate surface area is 106 Å². The molecule has 1 aromatic heterocycles. The Balaban J connectivity index is 1.98. The van der Waals surface area contributed by atoms with E-state index < -0.39 is 0 Å². The molecule has 0 saturated carbocycles. The van der Waals surface area contributed by atoms with Crippen LogP contribution in [0.4, 0.5) is 0 Å². The van der Waals surface area contributed by atoms with Gasteiger partial charge in [0, 0.05) is 44.1 Å². The molecule has 1 amide bonds. The zero-order valence-corrected chi connectivity index (χ0v) is 10.5. The van der Waals surface area contributed by atoms with Crippen molar-refractivity contribution in [2.75, 3.05) is 26.2 Å². The van der Waals surface area contributed by atoms with Gasteiger partial charge in [-0.25, -0.2) is 0 Å². The number of carbonyl (C=O) groups excluding carboxylic acids is 1. The third-order valence-electron chi connectivity index (χ3n) is 3.58. The van der Waals surface area contributed by atoms with Crippen molar-refractivity contribution in [1.29, 1.82) is 0 Å². The number of nitrogens with one attached hydrogen (secondary N) is 1. The van der Waals surface area contributed by atoms with Crippen LogP contribution in [0.15, 0.2) is 30.3 Å². The van der Waals surface area contributed by atoms with E-state index in [4.69, 9.17) is 0 Å². The summed E-state index contributed by atoms with van der Waals surface area (Å²) >= 11 is 0. The number of carbonyl (C=O) groups is 1. The zero-order valence-electron chi connectivity index (χ0n) is 10.5. The molecule has 0 bridgehead atoms. The molecule has 1 aliphatic rings. The lowest BCUT2D eigenvalue weighted by Gasteiger charge is -2.27. The lowest BCUT2D eigenvalue weighted by molar-refractivity contribution is 0.0726. The molecule has 3 rings (SSSR count). The topological polar surface area (TPSA) is 37.3 Å². The molecule has 4 heteroatoms. The number of hydrogen-bond donors (Lipinski definition) is 1. The predicted molar refractivity (Wildman–Crippen MR) is 71.7 cm³/mol. The first-order chi connectivity index (χ1) is 8.77. The molecule has 0 atom stereocenters. The number of para-hydroxylation sites is 1. The Morgan fingerprint density at radius 1 is 1.22 bits per heavy atom. The fraction of sp³-hybridized carbons (Fsp3) is 0.357. The smallest absolute Gasteiger partial charge is 0.270 e. The van der Waals surface area contributed by atoms with Crippen molar-refractivity contribution in [3.63, 3.8) is 0 Å². The molecule has 18 heavy (non-hydrogen) atoms. The minimum absolute atomic E-state index is 0.134. The number of fused-ring (bicyclic) bond motifs is 1. The molecule has 4 nitrogen and oxygen atoms in total. The summed E-state index contributed by atoms with van der Waals surface area (Å²) in [6.07, 6.45) is 0. The first-order valence-electron chi connectivity index (χ1n) is 6.32. The van der Waals surface area contributed by atoms with Gasteiger partial charge in [-0.15, -0.1) is 0 Å². The molecule has 1 N–H and O–H groups in total. The highest BCUT2D eigenvalue weighted by atomic mass is 16.2. The van der Waals surface area contributed by atoms with Gasteiger partial charge in [0.1, 0.15) is 5.69 Å². The van der Waals surface area contributed by atoms with E-state index in [0.29, 0.717) is 0 Å². The van der Waals surface area contributed by atoms with Gasteiger partial charge < -0.3 is 14.8 Å². The largest absolute Gasteiger partial charge is 0.340 e. The molecule has 94 valence electrons. The average Bonchev–Trinajstić information content (AvgIpc) is 2.77. The van der Waals surface area contributed by atoms with Gasteiger partial charge in [0.25, 0.3) is 5.91 Å². The summed E-state index contributed by atoms with van der Waals surface area (Å²) in [7, 11) is 1.96. The van der Waals surface area contributed by atoms with Crippen LogP contribution in [0, 0.1) is 0 Å². The lowest BCUT2D eigenvalue weighted by atomic mass is 10.2. The van der Waals surface area contributed by atoms with Crippen LogP contribution in [0.5, 0.6) is 0 Å². The van der Waals surface area contributed by atoms with Gasteiger partial charge in [-0.2, -0.15) is 0 Å². The van der Waals surface area contributed by atoms with E-state index in [2.05, 4.69) is 5.32 Å². The highest BCUT2D eigenvalue weighted by Gasteiger charge is 2.21. The van der Waals surface area contributed by atoms with Crippen LogP contribution in [-0.4, -0.2) is 41.6 Å². The fourth-order valence-corrected chi connectivity index (χ4v) is 2.52. The van der Waals surface area contributed by atoms with Crippen molar-refractivity contribution in [2.24, 2.45) is 7.05 Å². The lowest BCUT2D eigenvalue weighted by Crippen LogP contribution is -2.46. The Morgan fingerprint density at radius 3 is 2.67 bits per heavy atom. The van der Waals surface area contributed by atoms with Crippen LogP contribution < -0.4 is 5.32 Å². The minimum atomic E-state index is 0.134. The maximum Gasteiger partial charge on any atom is 0.270 e. The van der Waals surface area contributed by atoms with E-state index in [1.807, 2.05) is 46.8 Å². The molecule has 0 spiro atoms. The van der Waals surface area contributed by atoms with Gasteiger partial charge in [0.2, 0.25) is 0 Å². The molecule has 0 aliphatic carbocycles. The van der Waals surface area contributed by atoms with E-state index in [1.165, 1.54) is 0 Å². The molecular formula is C14H17N3O. The second kappa shape index (κ2) is 4.46. The highest BCUT2D eigenvalue weighted by Crippen LogP contribution is 2.19. The molecule has 1 saturated heterocycles. The van der Waals surface area contributed by atoms with Crippen molar-refractivity contribution < 1.29 is 4.79 Å². The molecule has 1 aliphatic heterocycles. The second-order valence-electron chi connectivity index (χ2n) is 4.69. The highest BCUT2D eigenvalue weighted by molar-refractivity contribution is 5.98. The van der Waals surface area contributed by atoms with E-state index >= 15 is 0 Å². The third-order valence-corrected chi connectivity index (χ3v) is 3.58. The van der Waals surface area contributed by atoms with Crippen molar-refractivity contribution in [2.45, 2.75) is 0 Å². The molecule has 2 aromatic rings. The van der Waals surface area contributed by atoms with Crippen LogP contribution in [0.2, 0.25) is 0 Å². The van der Waals surface area contributed by atoms with Crippen molar-refractivity contribution in [3.8, 4) is 0 Å². The zero-order chi connectivity index (χ0) is 12.5. The van der Waals surface area contributed by atoms with Crippen LogP contribution in [0.25, 0.3) is 10.9 Å². The second-order valence-corrected chi connectivity index (χ2v) is 4.69. The van der Waals surface area contributed by atoms with Crippen LogP contribution in [-0.2, 0) is 7.05 Å².